The summed E-state index contributed by atoms with van der Waals surface area (Å²) in [6.07, 6.45) is 17.9. The SMILES string of the molecule is C=C/C=C\C(=C)C(=C)/C=C\C(=C)C1=CC=CCC1. The Balaban J connectivity index is 2.61. The number of allylic oxidation sites excluding steroid dienone is 12. The predicted molar refractivity (Wildman–Crippen MR) is 82.4 cm³/mol. The van der Waals surface area contributed by atoms with E-state index in [4.69, 9.17) is 0 Å². The molecular formula is C18H20. The van der Waals surface area contributed by atoms with Gasteiger partial charge in [-0.2, -0.15) is 0 Å². The summed E-state index contributed by atoms with van der Waals surface area (Å²) >= 11 is 0. The van der Waals surface area contributed by atoms with Crippen LogP contribution in [0.15, 0.2) is 97.2 Å². The molecule has 0 spiro atoms. The van der Waals surface area contributed by atoms with Crippen molar-refractivity contribution >= 4 is 0 Å². The maximum absolute atomic E-state index is 4.08. The van der Waals surface area contributed by atoms with Crippen LogP contribution in [0, 0.1) is 0 Å². The Morgan fingerprint density at radius 2 is 1.78 bits per heavy atom. The lowest BCUT2D eigenvalue weighted by molar-refractivity contribution is 0.979. The molecule has 0 aromatic carbocycles. The van der Waals surface area contributed by atoms with Crippen LogP contribution in [0.4, 0.5) is 0 Å². The number of rotatable bonds is 6. The van der Waals surface area contributed by atoms with Gasteiger partial charge in [0.15, 0.2) is 0 Å². The summed E-state index contributed by atoms with van der Waals surface area (Å²) in [6, 6.07) is 0. The van der Waals surface area contributed by atoms with Crippen molar-refractivity contribution in [2.45, 2.75) is 12.8 Å². The van der Waals surface area contributed by atoms with E-state index in [1.807, 2.05) is 24.3 Å². The molecule has 0 nitrogen and oxygen atoms in total. The summed E-state index contributed by atoms with van der Waals surface area (Å²) < 4.78 is 0. The first-order valence-corrected chi connectivity index (χ1v) is 6.05. The third-order valence-corrected chi connectivity index (χ3v) is 2.76. The molecule has 0 atom stereocenters. The first-order chi connectivity index (χ1) is 8.65. The van der Waals surface area contributed by atoms with Crippen LogP contribution in [-0.2, 0) is 0 Å². The van der Waals surface area contributed by atoms with Gasteiger partial charge in [0, 0.05) is 0 Å². The molecular weight excluding hydrogens is 216 g/mol. The maximum Gasteiger partial charge on any atom is -0.0238 e. The van der Waals surface area contributed by atoms with Gasteiger partial charge in [-0.25, -0.2) is 0 Å². The van der Waals surface area contributed by atoms with Crippen LogP contribution < -0.4 is 0 Å². The Labute approximate surface area is 110 Å². The van der Waals surface area contributed by atoms with Gasteiger partial charge in [0.2, 0.25) is 0 Å². The van der Waals surface area contributed by atoms with E-state index in [0.29, 0.717) is 0 Å². The highest BCUT2D eigenvalue weighted by Gasteiger charge is 2.01. The molecule has 0 bridgehead atoms. The molecule has 0 N–H and O–H groups in total. The monoisotopic (exact) mass is 236 g/mol. The highest BCUT2D eigenvalue weighted by atomic mass is 14.1. The van der Waals surface area contributed by atoms with Crippen molar-refractivity contribution in [3.05, 3.63) is 97.2 Å². The molecule has 0 heteroatoms. The second-order valence-corrected chi connectivity index (χ2v) is 4.16. The third kappa shape index (κ3) is 4.42. The predicted octanol–water partition coefficient (Wildman–Crippen LogP) is 5.23. The van der Waals surface area contributed by atoms with Crippen LogP contribution in [0.3, 0.4) is 0 Å². The summed E-state index contributed by atoms with van der Waals surface area (Å²) in [5.74, 6) is 0. The minimum absolute atomic E-state index is 0.886. The van der Waals surface area contributed by atoms with Crippen LogP contribution in [0.1, 0.15) is 12.8 Å². The molecule has 0 saturated heterocycles. The quantitative estimate of drug-likeness (QED) is 0.554. The van der Waals surface area contributed by atoms with Crippen LogP contribution >= 0.6 is 0 Å². The van der Waals surface area contributed by atoms with Crippen molar-refractivity contribution in [2.24, 2.45) is 0 Å². The molecule has 1 aliphatic carbocycles. The molecule has 0 amide bonds. The van der Waals surface area contributed by atoms with Gasteiger partial charge in [-0.05, 0) is 35.1 Å². The van der Waals surface area contributed by atoms with Gasteiger partial charge in [0.25, 0.3) is 0 Å². The molecule has 0 aromatic heterocycles. The van der Waals surface area contributed by atoms with Crippen molar-refractivity contribution in [1.82, 2.24) is 0 Å². The van der Waals surface area contributed by atoms with Crippen molar-refractivity contribution in [3.8, 4) is 0 Å². The van der Waals surface area contributed by atoms with Crippen molar-refractivity contribution in [3.63, 3.8) is 0 Å². The molecule has 0 aromatic rings. The van der Waals surface area contributed by atoms with Gasteiger partial charge in [-0.3, -0.25) is 0 Å². The summed E-state index contributed by atoms with van der Waals surface area (Å²) in [4.78, 5) is 0. The number of hydrogen-bond donors (Lipinski definition) is 0. The van der Waals surface area contributed by atoms with Crippen LogP contribution in [0.2, 0.25) is 0 Å². The molecule has 0 fully saturated rings. The average Bonchev–Trinajstić information content (AvgIpc) is 2.42. The summed E-state index contributed by atoms with van der Waals surface area (Å²) in [7, 11) is 0. The molecule has 0 saturated carbocycles. The van der Waals surface area contributed by atoms with Crippen LogP contribution in [0.5, 0.6) is 0 Å². The normalized spacial score (nSPS) is 14.8. The van der Waals surface area contributed by atoms with E-state index in [0.717, 1.165) is 29.6 Å². The van der Waals surface area contributed by atoms with Gasteiger partial charge in [0.05, 0.1) is 0 Å². The van der Waals surface area contributed by atoms with Crippen LogP contribution in [0.25, 0.3) is 0 Å². The second kappa shape index (κ2) is 7.29. The Morgan fingerprint density at radius 3 is 2.39 bits per heavy atom. The summed E-state index contributed by atoms with van der Waals surface area (Å²) in [5.41, 5.74) is 4.10. The van der Waals surface area contributed by atoms with Gasteiger partial charge >= 0.3 is 0 Å². The maximum atomic E-state index is 4.08. The molecule has 0 radical (unpaired) electrons. The van der Waals surface area contributed by atoms with E-state index < -0.39 is 0 Å². The average molecular weight is 236 g/mol. The highest BCUT2D eigenvalue weighted by molar-refractivity contribution is 5.48. The largest absolute Gasteiger partial charge is 0.0991 e. The van der Waals surface area contributed by atoms with Crippen molar-refractivity contribution < 1.29 is 0 Å². The van der Waals surface area contributed by atoms with E-state index in [1.54, 1.807) is 6.08 Å². The van der Waals surface area contributed by atoms with E-state index in [2.05, 4.69) is 44.5 Å². The minimum atomic E-state index is 0.886. The van der Waals surface area contributed by atoms with Gasteiger partial charge in [-0.15, -0.1) is 0 Å². The zero-order valence-corrected chi connectivity index (χ0v) is 10.9. The van der Waals surface area contributed by atoms with E-state index >= 15 is 0 Å². The van der Waals surface area contributed by atoms with E-state index in [1.165, 1.54) is 5.57 Å². The smallest absolute Gasteiger partial charge is 0.0238 e. The lowest BCUT2D eigenvalue weighted by Gasteiger charge is -2.08. The molecule has 92 valence electrons. The fourth-order valence-electron chi connectivity index (χ4n) is 1.58. The lowest BCUT2D eigenvalue weighted by Crippen LogP contribution is -1.89. The Morgan fingerprint density at radius 1 is 1.06 bits per heavy atom. The Kier molecular flexibility index (Phi) is 5.66. The highest BCUT2D eigenvalue weighted by Crippen LogP contribution is 2.20. The summed E-state index contributed by atoms with van der Waals surface area (Å²) in [5, 5.41) is 0. The van der Waals surface area contributed by atoms with Crippen molar-refractivity contribution in [2.75, 3.05) is 0 Å². The standard InChI is InChI=1S/C18H20/c1-5-6-10-15(2)16(3)13-14-17(4)18-11-8-7-9-12-18/h5-8,10-11,13-14H,1-4,9,12H2/b10-6-,14-13-. The third-order valence-electron chi connectivity index (χ3n) is 2.76. The zero-order valence-electron chi connectivity index (χ0n) is 10.9. The zero-order chi connectivity index (χ0) is 13.4. The Bertz CT molecular complexity index is 476. The molecule has 0 aliphatic heterocycles. The van der Waals surface area contributed by atoms with E-state index in [9.17, 15) is 0 Å². The first kappa shape index (κ1) is 14.0. The van der Waals surface area contributed by atoms with Gasteiger partial charge in [-0.1, -0.05) is 74.9 Å². The number of hydrogen-bond acceptors (Lipinski definition) is 0. The van der Waals surface area contributed by atoms with Crippen LogP contribution in [-0.4, -0.2) is 0 Å². The van der Waals surface area contributed by atoms with Gasteiger partial charge in [0.1, 0.15) is 0 Å². The minimum Gasteiger partial charge on any atom is -0.0991 e. The van der Waals surface area contributed by atoms with E-state index in [-0.39, 0.29) is 0 Å². The fourth-order valence-corrected chi connectivity index (χ4v) is 1.58. The molecule has 1 aliphatic rings. The topological polar surface area (TPSA) is 0 Å². The van der Waals surface area contributed by atoms with Crippen molar-refractivity contribution in [1.29, 1.82) is 0 Å². The first-order valence-electron chi connectivity index (χ1n) is 6.05. The Hall–Kier alpha value is -2.08. The molecule has 0 unspecified atom stereocenters. The molecule has 18 heavy (non-hydrogen) atoms. The lowest BCUT2D eigenvalue weighted by atomic mass is 9.97. The van der Waals surface area contributed by atoms with Gasteiger partial charge < -0.3 is 0 Å². The fraction of sp³-hybridized carbons (Fsp3) is 0.111. The second-order valence-electron chi connectivity index (χ2n) is 4.16. The summed E-state index contributed by atoms with van der Waals surface area (Å²) in [6.45, 7) is 15.6. The molecule has 1 rings (SSSR count). The molecule has 0 heterocycles.